The van der Waals surface area contributed by atoms with Gasteiger partial charge in [-0.25, -0.2) is 4.98 Å². The standard InChI is InChI=1S/C32H32ClN3O/c1-22(2)18-24-11-13-25(14-12-24)23(3)32-35-30-19-28(37-21-27-9-6-7-17-34-27)15-16-31(30)36(32)20-26-8-4-5-10-29(26)33/h4-17,19,22-23H,18,20-21H2,1-3H3. The summed E-state index contributed by atoms with van der Waals surface area (Å²) in [4.78, 5) is 9.48. The van der Waals surface area contributed by atoms with Crippen LogP contribution in [0.15, 0.2) is 91.1 Å². The zero-order chi connectivity index (χ0) is 25.8. The summed E-state index contributed by atoms with van der Waals surface area (Å²) >= 11 is 6.57. The van der Waals surface area contributed by atoms with Crippen LogP contribution in [0.2, 0.25) is 5.02 Å². The van der Waals surface area contributed by atoms with Crippen molar-refractivity contribution in [2.45, 2.75) is 46.3 Å². The Hall–Kier alpha value is -3.63. The molecule has 3 aromatic carbocycles. The van der Waals surface area contributed by atoms with Crippen LogP contribution >= 0.6 is 11.6 Å². The molecular formula is C32H32ClN3O. The lowest BCUT2D eigenvalue weighted by molar-refractivity contribution is 0.301. The second-order valence-corrected chi connectivity index (χ2v) is 10.4. The molecule has 0 N–H and O–H groups in total. The Morgan fingerprint density at radius 3 is 2.41 bits per heavy atom. The van der Waals surface area contributed by atoms with Crippen LogP contribution in [0.1, 0.15) is 54.9 Å². The molecule has 0 aliphatic carbocycles. The predicted molar refractivity (Wildman–Crippen MR) is 151 cm³/mol. The average molecular weight is 510 g/mol. The topological polar surface area (TPSA) is 39.9 Å². The first-order valence-electron chi connectivity index (χ1n) is 12.8. The molecule has 0 radical (unpaired) electrons. The van der Waals surface area contributed by atoms with Gasteiger partial charge in [-0.3, -0.25) is 4.98 Å². The molecule has 4 nitrogen and oxygen atoms in total. The largest absolute Gasteiger partial charge is 0.487 e. The third kappa shape index (κ3) is 5.86. The van der Waals surface area contributed by atoms with E-state index in [1.807, 2.05) is 48.5 Å². The number of imidazole rings is 1. The Kier molecular flexibility index (Phi) is 7.57. The minimum absolute atomic E-state index is 0.112. The summed E-state index contributed by atoms with van der Waals surface area (Å²) in [6.07, 6.45) is 2.86. The number of nitrogens with zero attached hydrogens (tertiary/aromatic N) is 3. The maximum atomic E-state index is 6.57. The molecule has 0 aliphatic heterocycles. The summed E-state index contributed by atoms with van der Waals surface area (Å²) < 4.78 is 8.33. The van der Waals surface area contributed by atoms with Gasteiger partial charge in [-0.15, -0.1) is 0 Å². The second kappa shape index (κ2) is 11.2. The fraction of sp³-hybridized carbons (Fsp3) is 0.250. The van der Waals surface area contributed by atoms with Crippen LogP contribution in [0.4, 0.5) is 0 Å². The van der Waals surface area contributed by atoms with E-state index in [1.165, 1.54) is 11.1 Å². The van der Waals surface area contributed by atoms with Gasteiger partial charge in [0.25, 0.3) is 0 Å². The first-order chi connectivity index (χ1) is 18.0. The third-order valence-electron chi connectivity index (χ3n) is 6.66. The van der Waals surface area contributed by atoms with Crippen molar-refractivity contribution in [3.05, 3.63) is 124 Å². The average Bonchev–Trinajstić information content (AvgIpc) is 3.26. The van der Waals surface area contributed by atoms with E-state index in [2.05, 4.69) is 66.7 Å². The number of fused-ring (bicyclic) bond motifs is 1. The van der Waals surface area contributed by atoms with Crippen LogP contribution in [0.3, 0.4) is 0 Å². The Bertz CT molecular complexity index is 1480. The molecule has 2 aromatic heterocycles. The molecule has 5 rings (SSSR count). The molecular weight excluding hydrogens is 478 g/mol. The van der Waals surface area contributed by atoms with Crippen molar-refractivity contribution in [1.82, 2.24) is 14.5 Å². The van der Waals surface area contributed by atoms with Crippen LogP contribution in [-0.2, 0) is 19.6 Å². The minimum atomic E-state index is 0.112. The van der Waals surface area contributed by atoms with E-state index in [9.17, 15) is 0 Å². The molecule has 1 unspecified atom stereocenters. The summed E-state index contributed by atoms with van der Waals surface area (Å²) in [5.41, 5.74) is 6.54. The van der Waals surface area contributed by atoms with Crippen molar-refractivity contribution in [1.29, 1.82) is 0 Å². The molecule has 5 heteroatoms. The van der Waals surface area contributed by atoms with E-state index in [-0.39, 0.29) is 5.92 Å². The summed E-state index contributed by atoms with van der Waals surface area (Å²) in [6, 6.07) is 28.9. The number of hydrogen-bond acceptors (Lipinski definition) is 3. The molecule has 37 heavy (non-hydrogen) atoms. The monoisotopic (exact) mass is 509 g/mol. The van der Waals surface area contributed by atoms with Gasteiger partial charge in [0.2, 0.25) is 0 Å². The van der Waals surface area contributed by atoms with Crippen LogP contribution < -0.4 is 4.74 Å². The van der Waals surface area contributed by atoms with Gasteiger partial charge >= 0.3 is 0 Å². The molecule has 0 saturated carbocycles. The lowest BCUT2D eigenvalue weighted by Gasteiger charge is -2.17. The smallest absolute Gasteiger partial charge is 0.130 e. The number of pyridine rings is 1. The Morgan fingerprint density at radius 2 is 1.68 bits per heavy atom. The molecule has 0 fully saturated rings. The Balaban J connectivity index is 1.50. The predicted octanol–water partition coefficient (Wildman–Crippen LogP) is 8.06. The van der Waals surface area contributed by atoms with Gasteiger partial charge in [0.05, 0.1) is 23.3 Å². The number of aromatic nitrogens is 3. The van der Waals surface area contributed by atoms with Crippen molar-refractivity contribution in [3.8, 4) is 5.75 Å². The number of hydrogen-bond donors (Lipinski definition) is 0. The summed E-state index contributed by atoms with van der Waals surface area (Å²) in [5.74, 6) is 2.53. The normalized spacial score (nSPS) is 12.2. The SMILES string of the molecule is CC(C)Cc1ccc(C(C)c2nc3cc(OCc4ccccn4)ccc3n2Cc2ccccc2Cl)cc1. The number of ether oxygens (including phenoxy) is 1. The van der Waals surface area contributed by atoms with Crippen molar-refractivity contribution < 1.29 is 4.74 Å². The van der Waals surface area contributed by atoms with Crippen LogP contribution in [0.5, 0.6) is 5.75 Å². The molecule has 1 atom stereocenters. The van der Waals surface area contributed by atoms with Crippen molar-refractivity contribution in [2.75, 3.05) is 0 Å². The second-order valence-electron chi connectivity index (χ2n) is 9.97. The van der Waals surface area contributed by atoms with Gasteiger partial charge in [-0.2, -0.15) is 0 Å². The van der Waals surface area contributed by atoms with E-state index < -0.39 is 0 Å². The molecule has 0 saturated heterocycles. The minimum Gasteiger partial charge on any atom is -0.487 e. The van der Waals surface area contributed by atoms with E-state index in [0.29, 0.717) is 19.1 Å². The zero-order valence-electron chi connectivity index (χ0n) is 21.6. The first kappa shape index (κ1) is 25.0. The summed E-state index contributed by atoms with van der Waals surface area (Å²) in [7, 11) is 0. The van der Waals surface area contributed by atoms with Gasteiger partial charge in [-0.05, 0) is 59.4 Å². The van der Waals surface area contributed by atoms with Gasteiger partial charge in [-0.1, -0.05) is 80.9 Å². The summed E-state index contributed by atoms with van der Waals surface area (Å²) in [6.45, 7) is 7.79. The fourth-order valence-electron chi connectivity index (χ4n) is 4.72. The summed E-state index contributed by atoms with van der Waals surface area (Å²) in [5, 5.41) is 0.760. The highest BCUT2D eigenvalue weighted by atomic mass is 35.5. The maximum Gasteiger partial charge on any atom is 0.130 e. The van der Waals surface area contributed by atoms with Crippen LogP contribution in [0.25, 0.3) is 11.0 Å². The van der Waals surface area contributed by atoms with Crippen molar-refractivity contribution in [2.24, 2.45) is 5.92 Å². The molecule has 2 heterocycles. The van der Waals surface area contributed by atoms with Crippen molar-refractivity contribution >= 4 is 22.6 Å². The number of rotatable bonds is 9. The number of halogens is 1. The van der Waals surface area contributed by atoms with E-state index in [1.54, 1.807) is 6.20 Å². The number of benzene rings is 3. The Labute approximate surface area is 223 Å². The molecule has 5 aromatic rings. The fourth-order valence-corrected chi connectivity index (χ4v) is 4.91. The highest BCUT2D eigenvalue weighted by molar-refractivity contribution is 6.31. The molecule has 0 bridgehead atoms. The van der Waals surface area contributed by atoms with Gasteiger partial charge < -0.3 is 9.30 Å². The Morgan fingerprint density at radius 1 is 0.892 bits per heavy atom. The first-order valence-corrected chi connectivity index (χ1v) is 13.2. The van der Waals surface area contributed by atoms with Gasteiger partial charge in [0, 0.05) is 23.2 Å². The van der Waals surface area contributed by atoms with Crippen LogP contribution in [-0.4, -0.2) is 14.5 Å². The zero-order valence-corrected chi connectivity index (χ0v) is 22.3. The highest BCUT2D eigenvalue weighted by Gasteiger charge is 2.20. The van der Waals surface area contributed by atoms with E-state index in [4.69, 9.17) is 21.3 Å². The molecule has 188 valence electrons. The molecule has 0 aliphatic rings. The third-order valence-corrected chi connectivity index (χ3v) is 7.03. The van der Waals surface area contributed by atoms with Crippen molar-refractivity contribution in [3.63, 3.8) is 0 Å². The maximum absolute atomic E-state index is 6.57. The highest BCUT2D eigenvalue weighted by Crippen LogP contribution is 2.31. The van der Waals surface area contributed by atoms with Gasteiger partial charge in [0.1, 0.15) is 18.2 Å². The lowest BCUT2D eigenvalue weighted by Crippen LogP contribution is -2.10. The molecule has 0 amide bonds. The van der Waals surface area contributed by atoms with Gasteiger partial charge in [0.15, 0.2) is 0 Å². The molecule has 0 spiro atoms. The van der Waals surface area contributed by atoms with E-state index >= 15 is 0 Å². The quantitative estimate of drug-likeness (QED) is 0.202. The van der Waals surface area contributed by atoms with Crippen LogP contribution in [0, 0.1) is 5.92 Å². The lowest BCUT2D eigenvalue weighted by atomic mass is 9.96. The van der Waals surface area contributed by atoms with E-state index in [0.717, 1.165) is 45.3 Å².